The van der Waals surface area contributed by atoms with Crippen LogP contribution in [0.4, 0.5) is 0 Å². The molecular weight excluding hydrogens is 342 g/mol. The molecule has 5 atom stereocenters. The highest BCUT2D eigenvalue weighted by molar-refractivity contribution is 5.40. The average Bonchev–Trinajstić information content (AvgIpc) is 3.08. The molecule has 3 aliphatic carbocycles. The number of hydrogen-bond acceptors (Lipinski definition) is 2. The first-order valence-electron chi connectivity index (χ1n) is 11.1. The first-order chi connectivity index (χ1) is 13.7. The Morgan fingerprint density at radius 1 is 1.04 bits per heavy atom. The number of ether oxygens (including phenoxy) is 1. The molecule has 2 nitrogen and oxygen atoms in total. The van der Waals surface area contributed by atoms with Crippen molar-refractivity contribution >= 4 is 0 Å². The molecule has 28 heavy (non-hydrogen) atoms. The molecule has 2 fully saturated rings. The summed E-state index contributed by atoms with van der Waals surface area (Å²) in [6.45, 7) is 3.59. The van der Waals surface area contributed by atoms with E-state index < -0.39 is 0 Å². The van der Waals surface area contributed by atoms with Gasteiger partial charge in [-0.2, -0.15) is 0 Å². The van der Waals surface area contributed by atoms with Gasteiger partial charge >= 0.3 is 0 Å². The second-order valence-corrected chi connectivity index (χ2v) is 9.52. The fourth-order valence-corrected chi connectivity index (χ4v) is 6.86. The molecule has 148 valence electrons. The van der Waals surface area contributed by atoms with Gasteiger partial charge in [0.05, 0.1) is 7.11 Å². The van der Waals surface area contributed by atoms with Crippen LogP contribution in [0.5, 0.6) is 5.75 Å². The molecule has 0 unspecified atom stereocenters. The highest BCUT2D eigenvalue weighted by Gasteiger charge is 2.54. The summed E-state index contributed by atoms with van der Waals surface area (Å²) in [5, 5.41) is 3.95. The van der Waals surface area contributed by atoms with Crippen molar-refractivity contribution in [3.8, 4) is 5.75 Å². The van der Waals surface area contributed by atoms with E-state index in [0.717, 1.165) is 30.0 Å². The fourth-order valence-electron chi connectivity index (χ4n) is 6.86. The molecule has 0 aromatic heterocycles. The van der Waals surface area contributed by atoms with Crippen molar-refractivity contribution in [1.29, 1.82) is 0 Å². The molecule has 2 aromatic rings. The second kappa shape index (κ2) is 7.22. The second-order valence-electron chi connectivity index (χ2n) is 9.52. The van der Waals surface area contributed by atoms with E-state index in [1.807, 2.05) is 0 Å². The van der Waals surface area contributed by atoms with E-state index in [0.29, 0.717) is 11.5 Å². The SMILES string of the molecule is COc1ccc2c(c1)CC[C@@H]1[C@@H]2CC[C@]2(C)[C@@H](NCc3ccccc3)CC[C@@H]12. The van der Waals surface area contributed by atoms with Gasteiger partial charge in [-0.1, -0.05) is 43.3 Å². The monoisotopic (exact) mass is 375 g/mol. The van der Waals surface area contributed by atoms with Crippen molar-refractivity contribution in [2.45, 2.75) is 64.0 Å². The molecule has 0 heterocycles. The number of hydrogen-bond donors (Lipinski definition) is 1. The molecule has 0 spiro atoms. The molecule has 0 aliphatic heterocycles. The lowest BCUT2D eigenvalue weighted by Gasteiger charge is -2.51. The maximum atomic E-state index is 5.47. The first kappa shape index (κ1) is 18.2. The van der Waals surface area contributed by atoms with E-state index >= 15 is 0 Å². The number of rotatable bonds is 4. The minimum Gasteiger partial charge on any atom is -0.497 e. The maximum Gasteiger partial charge on any atom is 0.119 e. The van der Waals surface area contributed by atoms with Crippen molar-refractivity contribution in [2.24, 2.45) is 17.3 Å². The van der Waals surface area contributed by atoms with Gasteiger partial charge in [0.15, 0.2) is 0 Å². The third kappa shape index (κ3) is 2.97. The van der Waals surface area contributed by atoms with Crippen LogP contribution >= 0.6 is 0 Å². The predicted octanol–water partition coefficient (Wildman–Crippen LogP) is 5.71. The Labute approximate surface area is 169 Å². The van der Waals surface area contributed by atoms with Crippen LogP contribution in [0.1, 0.15) is 61.6 Å². The third-order valence-corrected chi connectivity index (χ3v) is 8.33. The Kier molecular flexibility index (Phi) is 4.71. The molecule has 2 aromatic carbocycles. The molecule has 2 saturated carbocycles. The lowest BCUT2D eigenvalue weighted by molar-refractivity contribution is 0.0408. The Hall–Kier alpha value is -1.80. The van der Waals surface area contributed by atoms with Crippen LogP contribution in [0.15, 0.2) is 48.5 Å². The summed E-state index contributed by atoms with van der Waals surface area (Å²) in [5.41, 5.74) is 5.03. The predicted molar refractivity (Wildman–Crippen MR) is 115 cm³/mol. The van der Waals surface area contributed by atoms with Crippen LogP contribution in [-0.4, -0.2) is 13.2 Å². The number of aryl methyl sites for hydroxylation is 1. The first-order valence-corrected chi connectivity index (χ1v) is 11.1. The van der Waals surface area contributed by atoms with Crippen LogP contribution in [0.25, 0.3) is 0 Å². The van der Waals surface area contributed by atoms with Gasteiger partial charge in [0.25, 0.3) is 0 Å². The quantitative estimate of drug-likeness (QED) is 0.739. The number of methoxy groups -OCH3 is 1. The summed E-state index contributed by atoms with van der Waals surface area (Å²) in [7, 11) is 1.78. The maximum absolute atomic E-state index is 5.47. The van der Waals surface area contributed by atoms with E-state index in [1.54, 1.807) is 18.2 Å². The van der Waals surface area contributed by atoms with Crippen LogP contribution in [0.2, 0.25) is 0 Å². The topological polar surface area (TPSA) is 21.3 Å². The van der Waals surface area contributed by atoms with Gasteiger partial charge in [-0.15, -0.1) is 0 Å². The summed E-state index contributed by atoms with van der Waals surface area (Å²) in [6.07, 6.45) is 8.03. The highest BCUT2D eigenvalue weighted by atomic mass is 16.5. The zero-order valence-electron chi connectivity index (χ0n) is 17.3. The van der Waals surface area contributed by atoms with E-state index in [2.05, 4.69) is 60.8 Å². The van der Waals surface area contributed by atoms with E-state index in [1.165, 1.54) is 44.1 Å². The highest BCUT2D eigenvalue weighted by Crippen LogP contribution is 2.61. The fraction of sp³-hybridized carbons (Fsp3) is 0.538. The molecule has 2 heteroatoms. The largest absolute Gasteiger partial charge is 0.497 e. The molecule has 0 amide bonds. The summed E-state index contributed by atoms with van der Waals surface area (Å²) in [5.74, 6) is 3.52. The van der Waals surface area contributed by atoms with Gasteiger partial charge < -0.3 is 10.1 Å². The standard InChI is InChI=1S/C26H33NO/c1-26-15-14-22-21-11-9-20(28-2)16-19(21)8-10-23(22)24(26)12-13-25(26)27-17-18-6-4-3-5-7-18/h3-7,9,11,16,22-25,27H,8,10,12-15,17H2,1-2H3/t22-,23-,24+,25+,26+/m1/s1. The molecule has 0 bridgehead atoms. The zero-order valence-corrected chi connectivity index (χ0v) is 17.3. The normalized spacial score (nSPS) is 33.6. The van der Waals surface area contributed by atoms with Gasteiger partial charge in [-0.25, -0.2) is 0 Å². The molecule has 3 aliphatic rings. The summed E-state index contributed by atoms with van der Waals surface area (Å²) in [4.78, 5) is 0. The van der Waals surface area contributed by atoms with Gasteiger partial charge in [0.2, 0.25) is 0 Å². The van der Waals surface area contributed by atoms with Gasteiger partial charge in [-0.3, -0.25) is 0 Å². The van der Waals surface area contributed by atoms with E-state index in [9.17, 15) is 0 Å². The number of fused-ring (bicyclic) bond motifs is 5. The lowest BCUT2D eigenvalue weighted by atomic mass is 9.55. The van der Waals surface area contributed by atoms with E-state index in [4.69, 9.17) is 4.74 Å². The van der Waals surface area contributed by atoms with Crippen LogP contribution in [-0.2, 0) is 13.0 Å². The Bertz CT molecular complexity index is 832. The van der Waals surface area contributed by atoms with Gasteiger partial charge in [-0.05, 0) is 90.5 Å². The van der Waals surface area contributed by atoms with Crippen molar-refractivity contribution in [1.82, 2.24) is 5.32 Å². The van der Waals surface area contributed by atoms with Crippen molar-refractivity contribution in [3.05, 3.63) is 65.2 Å². The molecule has 0 saturated heterocycles. The summed E-state index contributed by atoms with van der Waals surface area (Å²) in [6, 6.07) is 18.4. The van der Waals surface area contributed by atoms with Crippen LogP contribution in [0.3, 0.4) is 0 Å². The van der Waals surface area contributed by atoms with Crippen molar-refractivity contribution < 1.29 is 4.74 Å². The number of nitrogens with one attached hydrogen (secondary N) is 1. The van der Waals surface area contributed by atoms with Gasteiger partial charge in [0.1, 0.15) is 5.75 Å². The van der Waals surface area contributed by atoms with Gasteiger partial charge in [0, 0.05) is 12.6 Å². The Morgan fingerprint density at radius 2 is 1.89 bits per heavy atom. The van der Waals surface area contributed by atoms with Crippen molar-refractivity contribution in [2.75, 3.05) is 7.11 Å². The summed E-state index contributed by atoms with van der Waals surface area (Å²) >= 11 is 0. The number of benzene rings is 2. The smallest absolute Gasteiger partial charge is 0.119 e. The lowest BCUT2D eigenvalue weighted by Crippen LogP contribution is -2.48. The minimum absolute atomic E-state index is 0.458. The Balaban J connectivity index is 1.33. The van der Waals surface area contributed by atoms with Crippen molar-refractivity contribution in [3.63, 3.8) is 0 Å². The third-order valence-electron chi connectivity index (χ3n) is 8.33. The molecule has 0 radical (unpaired) electrons. The summed E-state index contributed by atoms with van der Waals surface area (Å²) < 4.78 is 5.47. The zero-order chi connectivity index (χ0) is 19.1. The molecule has 1 N–H and O–H groups in total. The Morgan fingerprint density at radius 3 is 2.71 bits per heavy atom. The minimum atomic E-state index is 0.458. The average molecular weight is 376 g/mol. The van der Waals surface area contributed by atoms with Crippen LogP contribution in [0, 0.1) is 17.3 Å². The van der Waals surface area contributed by atoms with E-state index in [-0.39, 0.29) is 0 Å². The molecule has 5 rings (SSSR count). The molecular formula is C26H33NO. The van der Waals surface area contributed by atoms with Crippen LogP contribution < -0.4 is 10.1 Å².